The SMILES string of the molecule is CCCCC(C)(N=[N+]=[N-])Oc1ccc(/C=N/N(C)[P+](=S)C(CC)(CC)Oc2ccc(C(O)O[P+](=O)O)cc2)cc1. The molecule has 0 spiro atoms. The number of aliphatic hydroxyl groups is 1. The van der Waals surface area contributed by atoms with Gasteiger partial charge in [-0.05, 0) is 72.4 Å². The molecule has 0 aromatic heterocycles. The number of hydrogen-bond donors (Lipinski definition) is 2. The minimum absolute atomic E-state index is 0.325. The van der Waals surface area contributed by atoms with Crippen molar-refractivity contribution in [2.75, 3.05) is 7.05 Å². The van der Waals surface area contributed by atoms with Gasteiger partial charge in [-0.15, -0.1) is 14.8 Å². The van der Waals surface area contributed by atoms with Crippen LogP contribution in [0, 0.1) is 0 Å². The Labute approximate surface area is 242 Å². The van der Waals surface area contributed by atoms with E-state index in [2.05, 4.69) is 26.6 Å². The number of ether oxygens (including phenoxy) is 2. The fourth-order valence-electron chi connectivity index (χ4n) is 3.83. The predicted molar refractivity (Wildman–Crippen MR) is 160 cm³/mol. The summed E-state index contributed by atoms with van der Waals surface area (Å²) in [6, 6.07) is 13.8. The molecule has 0 heterocycles. The molecule has 0 saturated carbocycles. The lowest BCUT2D eigenvalue weighted by molar-refractivity contribution is -0.0208. The van der Waals surface area contributed by atoms with Crippen LogP contribution in [0.15, 0.2) is 58.7 Å². The van der Waals surface area contributed by atoms with E-state index in [1.54, 1.807) is 42.2 Å². The van der Waals surface area contributed by atoms with E-state index in [4.69, 9.17) is 31.7 Å². The molecule has 0 aliphatic carbocycles. The number of benzene rings is 2. The average Bonchev–Trinajstić information content (AvgIpc) is 2.94. The number of unbranched alkanes of at least 4 members (excludes halogenated alkanes) is 1. The summed E-state index contributed by atoms with van der Waals surface area (Å²) in [7, 11) is -1.11. The topological polar surface area (TPSA) is 150 Å². The van der Waals surface area contributed by atoms with Crippen molar-refractivity contribution < 1.29 is 28.6 Å². The number of hydrazone groups is 1. The molecule has 0 amide bonds. The lowest BCUT2D eigenvalue weighted by Crippen LogP contribution is -2.33. The summed E-state index contributed by atoms with van der Waals surface area (Å²) in [4.78, 5) is 11.8. The molecular weight excluding hydrogens is 572 g/mol. The first-order chi connectivity index (χ1) is 19.0. The summed E-state index contributed by atoms with van der Waals surface area (Å²) in [5.41, 5.74) is 9.15. The maximum Gasteiger partial charge on any atom is 0.697 e. The van der Waals surface area contributed by atoms with Crippen LogP contribution < -0.4 is 9.47 Å². The molecule has 0 aliphatic rings. The standard InChI is InChI=1S/C26H36N5O6P2S/c1-6-9-18-25(4,29-30-27)35-22-14-10-20(11-15-22)19-28-31(5)38(40)26(7-2,8-3)36-23-16-12-21(13-17-23)24(32)37-39(33)34/h10-17,19,24,32H,6-9,18H2,1-5H3/q+1/p+1/b28-19+. The van der Waals surface area contributed by atoms with Crippen molar-refractivity contribution in [3.8, 4) is 11.5 Å². The summed E-state index contributed by atoms with van der Waals surface area (Å²) in [5, 5.41) is 17.6. The Bertz CT molecular complexity index is 1210. The number of azide groups is 1. The average molecular weight is 610 g/mol. The smallest absolute Gasteiger partial charge is 0.481 e. The van der Waals surface area contributed by atoms with Crippen molar-refractivity contribution in [2.45, 2.75) is 77.2 Å². The number of rotatable bonds is 17. The van der Waals surface area contributed by atoms with Crippen molar-refractivity contribution in [1.29, 1.82) is 0 Å². The van der Waals surface area contributed by atoms with Gasteiger partial charge in [0.2, 0.25) is 6.29 Å². The molecule has 2 rings (SSSR count). The molecule has 0 radical (unpaired) electrons. The van der Waals surface area contributed by atoms with Gasteiger partial charge in [-0.25, -0.2) is 0 Å². The van der Waals surface area contributed by atoms with Gasteiger partial charge in [-0.3, -0.25) is 0 Å². The molecule has 2 aromatic rings. The maximum atomic E-state index is 10.8. The zero-order valence-corrected chi connectivity index (χ0v) is 26.0. The van der Waals surface area contributed by atoms with Gasteiger partial charge < -0.3 is 14.6 Å². The highest BCUT2D eigenvalue weighted by atomic mass is 32.4. The van der Waals surface area contributed by atoms with Crippen LogP contribution in [0.1, 0.15) is 77.2 Å². The minimum atomic E-state index is -2.93. The van der Waals surface area contributed by atoms with Gasteiger partial charge in [-0.1, -0.05) is 43.8 Å². The summed E-state index contributed by atoms with van der Waals surface area (Å²) in [5.74, 6) is 1.15. The van der Waals surface area contributed by atoms with E-state index in [9.17, 15) is 9.67 Å². The first-order valence-electron chi connectivity index (χ1n) is 12.9. The first-order valence-corrected chi connectivity index (χ1v) is 16.4. The van der Waals surface area contributed by atoms with Crippen LogP contribution in [0.25, 0.3) is 10.4 Å². The normalized spacial score (nSPS) is 14.6. The molecular formula is C26H37N5O6P2S+2. The number of hydrogen-bond acceptors (Lipinski definition) is 8. The molecule has 2 aromatic carbocycles. The van der Waals surface area contributed by atoms with Gasteiger partial charge in [-0.2, -0.15) is 0 Å². The van der Waals surface area contributed by atoms with Crippen LogP contribution in [0.4, 0.5) is 0 Å². The Balaban J connectivity index is 2.11. The molecule has 0 bridgehead atoms. The van der Waals surface area contributed by atoms with Crippen molar-refractivity contribution in [1.82, 2.24) is 4.78 Å². The molecule has 4 unspecified atom stereocenters. The molecule has 14 heteroatoms. The zero-order chi connectivity index (χ0) is 29.8. The third kappa shape index (κ3) is 9.75. The highest BCUT2D eigenvalue weighted by Gasteiger charge is 2.48. The minimum Gasteiger partial charge on any atom is -0.481 e. The van der Waals surface area contributed by atoms with E-state index >= 15 is 0 Å². The van der Waals surface area contributed by atoms with E-state index < -0.39 is 32.5 Å². The molecule has 4 atom stereocenters. The van der Waals surface area contributed by atoms with Crippen LogP contribution in [-0.2, 0) is 20.9 Å². The quantitative estimate of drug-likeness (QED) is 0.0353. The first kappa shape index (κ1) is 33.5. The maximum absolute atomic E-state index is 10.8. The van der Waals surface area contributed by atoms with Crippen LogP contribution in [0.3, 0.4) is 0 Å². The van der Waals surface area contributed by atoms with Crippen molar-refractivity contribution in [3.05, 3.63) is 70.1 Å². The summed E-state index contributed by atoms with van der Waals surface area (Å²) < 4.78 is 29.5. The van der Waals surface area contributed by atoms with Crippen molar-refractivity contribution >= 4 is 33.1 Å². The fourth-order valence-corrected chi connectivity index (χ4v) is 6.53. The van der Waals surface area contributed by atoms with Gasteiger partial charge >= 0.3 is 15.1 Å². The lowest BCUT2D eigenvalue weighted by Gasteiger charge is -2.26. The van der Waals surface area contributed by atoms with Gasteiger partial charge in [0.25, 0.3) is 5.34 Å². The van der Waals surface area contributed by atoms with Gasteiger partial charge in [0.15, 0.2) is 17.5 Å². The van der Waals surface area contributed by atoms with Gasteiger partial charge in [0.05, 0.1) is 13.3 Å². The van der Waals surface area contributed by atoms with E-state index in [1.807, 2.05) is 45.2 Å². The van der Waals surface area contributed by atoms with Crippen LogP contribution in [0.5, 0.6) is 11.5 Å². The van der Waals surface area contributed by atoms with E-state index in [-0.39, 0.29) is 0 Å². The fraction of sp³-hybridized carbons (Fsp3) is 0.500. The zero-order valence-electron chi connectivity index (χ0n) is 23.4. The van der Waals surface area contributed by atoms with Crippen LogP contribution in [-0.4, -0.2) is 39.1 Å². The van der Waals surface area contributed by atoms with E-state index in [0.29, 0.717) is 36.3 Å². The Morgan fingerprint density at radius 3 is 2.20 bits per heavy atom. The van der Waals surface area contributed by atoms with Crippen LogP contribution >= 0.6 is 15.1 Å². The molecule has 0 aliphatic heterocycles. The Morgan fingerprint density at radius 2 is 1.68 bits per heavy atom. The molecule has 0 saturated heterocycles. The van der Waals surface area contributed by atoms with Crippen molar-refractivity contribution in [2.24, 2.45) is 10.2 Å². The molecule has 0 fully saturated rings. The highest BCUT2D eigenvalue weighted by Crippen LogP contribution is 2.48. The van der Waals surface area contributed by atoms with Crippen LogP contribution in [0.2, 0.25) is 0 Å². The Hall–Kier alpha value is -2.68. The summed E-state index contributed by atoms with van der Waals surface area (Å²) in [6.45, 7) is 6.57. The Morgan fingerprint density at radius 1 is 1.10 bits per heavy atom. The van der Waals surface area contributed by atoms with E-state index in [1.165, 1.54) is 0 Å². The molecule has 2 N–H and O–H groups in total. The largest absolute Gasteiger partial charge is 0.697 e. The summed E-state index contributed by atoms with van der Waals surface area (Å²) in [6.07, 6.45) is 3.96. The second-order valence-corrected chi connectivity index (χ2v) is 12.8. The second kappa shape index (κ2) is 15.9. The second-order valence-electron chi connectivity index (χ2n) is 9.17. The summed E-state index contributed by atoms with van der Waals surface area (Å²) >= 11 is 5.93. The highest BCUT2D eigenvalue weighted by molar-refractivity contribution is 8.04. The predicted octanol–water partition coefficient (Wildman–Crippen LogP) is 7.66. The lowest BCUT2D eigenvalue weighted by atomic mass is 10.1. The van der Waals surface area contributed by atoms with Crippen molar-refractivity contribution in [3.63, 3.8) is 0 Å². The number of aliphatic hydroxyl groups excluding tert-OH is 1. The van der Waals surface area contributed by atoms with Gasteiger partial charge in [0.1, 0.15) is 11.5 Å². The molecule has 40 heavy (non-hydrogen) atoms. The van der Waals surface area contributed by atoms with Gasteiger partial charge in [0, 0.05) is 27.9 Å². The monoisotopic (exact) mass is 609 g/mol. The molecule has 216 valence electrons. The third-order valence-corrected chi connectivity index (χ3v) is 10.4. The van der Waals surface area contributed by atoms with E-state index in [0.717, 1.165) is 18.4 Å². The Kier molecular flexibility index (Phi) is 13.4. The molecule has 11 nitrogen and oxygen atoms in total. The third-order valence-electron chi connectivity index (χ3n) is 6.22. The number of nitrogens with zero attached hydrogens (tertiary/aromatic N) is 5.